The number of hydrogen-bond acceptors (Lipinski definition) is 0. The van der Waals surface area contributed by atoms with Crippen molar-refractivity contribution in [3.63, 3.8) is 0 Å². The molecule has 0 amide bonds. The normalized spacial score (nSPS) is 17.0. The molecule has 1 rings (SSSR count). The van der Waals surface area contributed by atoms with Gasteiger partial charge in [0.25, 0.3) is 0 Å². The molecule has 0 nitrogen and oxygen atoms in total. The summed E-state index contributed by atoms with van der Waals surface area (Å²) in [5, 5.41) is 0. The maximum Gasteiger partial charge on any atom is -0.0319 e. The van der Waals surface area contributed by atoms with Crippen LogP contribution >= 0.6 is 0 Å². The Bertz CT molecular complexity index is 136. The van der Waals surface area contributed by atoms with Crippen LogP contribution in [0.5, 0.6) is 0 Å². The molecule has 0 atom stereocenters. The summed E-state index contributed by atoms with van der Waals surface area (Å²) in [6, 6.07) is 0. The smallest absolute Gasteiger partial charge is 0.0319 e. The van der Waals surface area contributed by atoms with Crippen molar-refractivity contribution >= 4 is 0 Å². The fourth-order valence-electron chi connectivity index (χ4n) is 1.81. The fraction of sp³-hybridized carbons (Fsp3) is 0.667. The van der Waals surface area contributed by atoms with Crippen LogP contribution in [0, 0.1) is 5.92 Å². The molecule has 0 heterocycles. The van der Waals surface area contributed by atoms with Crippen LogP contribution < -0.4 is 0 Å². The maximum absolute atomic E-state index is 3.73. The molecule has 0 aromatic heterocycles. The lowest BCUT2D eigenvalue weighted by molar-refractivity contribution is 0.482. The molecular formula is C12H20. The molecule has 0 aromatic carbocycles. The van der Waals surface area contributed by atoms with Gasteiger partial charge < -0.3 is 0 Å². The van der Waals surface area contributed by atoms with E-state index in [1.54, 1.807) is 0 Å². The van der Waals surface area contributed by atoms with Gasteiger partial charge in [-0.05, 0) is 38.0 Å². The number of rotatable bonds is 6. The van der Waals surface area contributed by atoms with Crippen molar-refractivity contribution in [3.05, 3.63) is 24.8 Å². The zero-order chi connectivity index (χ0) is 8.65. The Balaban J connectivity index is 1.85. The largest absolute Gasteiger partial charge is 0.103 e. The van der Waals surface area contributed by atoms with Crippen molar-refractivity contribution in [3.8, 4) is 0 Å². The van der Waals surface area contributed by atoms with Crippen LogP contribution in [0.25, 0.3) is 0 Å². The predicted octanol–water partition coefficient (Wildman–Crippen LogP) is 4.09. The van der Waals surface area contributed by atoms with E-state index < -0.39 is 0 Å². The van der Waals surface area contributed by atoms with Crippen molar-refractivity contribution in [1.82, 2.24) is 0 Å². The standard InChI is InChI=1S/C12H20/c1-2-3-4-5-6-9-12-10-7-8-11-12/h2,7-8,12H,1,3-6,9-11H2. The Morgan fingerprint density at radius 3 is 2.58 bits per heavy atom. The molecule has 0 fully saturated rings. The Hall–Kier alpha value is -0.520. The summed E-state index contributed by atoms with van der Waals surface area (Å²) in [4.78, 5) is 0. The summed E-state index contributed by atoms with van der Waals surface area (Å²) in [6.07, 6.45) is 16.1. The summed E-state index contributed by atoms with van der Waals surface area (Å²) in [6.45, 7) is 3.73. The van der Waals surface area contributed by atoms with Gasteiger partial charge in [-0.3, -0.25) is 0 Å². The highest BCUT2D eigenvalue weighted by Gasteiger charge is 2.08. The molecule has 1 aliphatic rings. The molecule has 0 aromatic rings. The van der Waals surface area contributed by atoms with E-state index in [-0.39, 0.29) is 0 Å². The zero-order valence-corrected chi connectivity index (χ0v) is 7.97. The molecule has 1 aliphatic carbocycles. The lowest BCUT2D eigenvalue weighted by Gasteiger charge is -2.07. The van der Waals surface area contributed by atoms with Crippen LogP contribution in [0.15, 0.2) is 24.8 Å². The number of unbranched alkanes of at least 4 members (excludes halogenated alkanes) is 3. The number of hydrogen-bond donors (Lipinski definition) is 0. The zero-order valence-electron chi connectivity index (χ0n) is 7.97. The monoisotopic (exact) mass is 164 g/mol. The SMILES string of the molecule is C=CCCCCCC1CC=CC1. The third-order valence-corrected chi connectivity index (χ3v) is 2.63. The van der Waals surface area contributed by atoms with E-state index in [0.717, 1.165) is 5.92 Å². The van der Waals surface area contributed by atoms with Crippen LogP contribution in [-0.4, -0.2) is 0 Å². The molecular weight excluding hydrogens is 144 g/mol. The maximum atomic E-state index is 3.73. The van der Waals surface area contributed by atoms with Crippen molar-refractivity contribution in [2.24, 2.45) is 5.92 Å². The topological polar surface area (TPSA) is 0 Å². The van der Waals surface area contributed by atoms with Gasteiger partial charge in [-0.2, -0.15) is 0 Å². The second-order valence-corrected chi connectivity index (χ2v) is 3.74. The summed E-state index contributed by atoms with van der Waals surface area (Å²) in [5.41, 5.74) is 0. The highest BCUT2D eigenvalue weighted by Crippen LogP contribution is 2.23. The van der Waals surface area contributed by atoms with Gasteiger partial charge in [0.05, 0.1) is 0 Å². The molecule has 0 saturated carbocycles. The van der Waals surface area contributed by atoms with Crippen LogP contribution in [-0.2, 0) is 0 Å². The first-order valence-corrected chi connectivity index (χ1v) is 5.19. The van der Waals surface area contributed by atoms with E-state index in [2.05, 4.69) is 18.7 Å². The van der Waals surface area contributed by atoms with E-state index in [1.807, 2.05) is 6.08 Å². The molecule has 0 bridgehead atoms. The molecule has 0 spiro atoms. The van der Waals surface area contributed by atoms with Gasteiger partial charge in [-0.15, -0.1) is 6.58 Å². The molecule has 0 N–H and O–H groups in total. The van der Waals surface area contributed by atoms with Crippen molar-refractivity contribution in [2.75, 3.05) is 0 Å². The highest BCUT2D eigenvalue weighted by atomic mass is 14.1. The summed E-state index contributed by atoms with van der Waals surface area (Å²) < 4.78 is 0. The van der Waals surface area contributed by atoms with Crippen LogP contribution in [0.2, 0.25) is 0 Å². The molecule has 0 saturated heterocycles. The van der Waals surface area contributed by atoms with Crippen molar-refractivity contribution in [1.29, 1.82) is 0 Å². The summed E-state index contributed by atoms with van der Waals surface area (Å²) in [5.74, 6) is 0.980. The van der Waals surface area contributed by atoms with Crippen molar-refractivity contribution < 1.29 is 0 Å². The van der Waals surface area contributed by atoms with Crippen molar-refractivity contribution in [2.45, 2.75) is 44.9 Å². The fourth-order valence-corrected chi connectivity index (χ4v) is 1.81. The minimum atomic E-state index is 0.980. The number of allylic oxidation sites excluding steroid dienone is 3. The first-order chi connectivity index (χ1) is 5.93. The van der Waals surface area contributed by atoms with Crippen LogP contribution in [0.4, 0.5) is 0 Å². The second kappa shape index (κ2) is 6.05. The van der Waals surface area contributed by atoms with Gasteiger partial charge >= 0.3 is 0 Å². The third kappa shape index (κ3) is 3.75. The average molecular weight is 164 g/mol. The molecule has 0 unspecified atom stereocenters. The molecule has 0 aliphatic heterocycles. The van der Waals surface area contributed by atoms with E-state index in [0.29, 0.717) is 0 Å². The minimum Gasteiger partial charge on any atom is -0.103 e. The van der Waals surface area contributed by atoms with Gasteiger partial charge in [-0.25, -0.2) is 0 Å². The lowest BCUT2D eigenvalue weighted by Crippen LogP contribution is -1.92. The van der Waals surface area contributed by atoms with Gasteiger partial charge in [0, 0.05) is 0 Å². The third-order valence-electron chi connectivity index (χ3n) is 2.63. The minimum absolute atomic E-state index is 0.980. The van der Waals surface area contributed by atoms with Gasteiger partial charge in [-0.1, -0.05) is 31.1 Å². The van der Waals surface area contributed by atoms with Crippen LogP contribution in [0.1, 0.15) is 44.9 Å². The average Bonchev–Trinajstić information content (AvgIpc) is 2.57. The van der Waals surface area contributed by atoms with E-state index in [4.69, 9.17) is 0 Å². The summed E-state index contributed by atoms with van der Waals surface area (Å²) in [7, 11) is 0. The highest BCUT2D eigenvalue weighted by molar-refractivity contribution is 4.93. The quantitative estimate of drug-likeness (QED) is 0.410. The molecule has 12 heavy (non-hydrogen) atoms. The van der Waals surface area contributed by atoms with E-state index >= 15 is 0 Å². The predicted molar refractivity (Wildman–Crippen MR) is 55.1 cm³/mol. The van der Waals surface area contributed by atoms with Crippen LogP contribution in [0.3, 0.4) is 0 Å². The molecule has 0 radical (unpaired) electrons. The van der Waals surface area contributed by atoms with E-state index in [1.165, 1.54) is 44.9 Å². The Morgan fingerprint density at radius 2 is 1.92 bits per heavy atom. The first kappa shape index (κ1) is 9.57. The second-order valence-electron chi connectivity index (χ2n) is 3.74. The Morgan fingerprint density at radius 1 is 1.17 bits per heavy atom. The lowest BCUT2D eigenvalue weighted by atomic mass is 9.99. The molecule has 68 valence electrons. The van der Waals surface area contributed by atoms with Gasteiger partial charge in [0.2, 0.25) is 0 Å². The van der Waals surface area contributed by atoms with E-state index in [9.17, 15) is 0 Å². The Labute approximate surface area is 76.4 Å². The van der Waals surface area contributed by atoms with Gasteiger partial charge in [0.15, 0.2) is 0 Å². The first-order valence-electron chi connectivity index (χ1n) is 5.19. The Kier molecular flexibility index (Phi) is 4.82. The van der Waals surface area contributed by atoms with Gasteiger partial charge in [0.1, 0.15) is 0 Å². The summed E-state index contributed by atoms with van der Waals surface area (Å²) >= 11 is 0. The molecule has 0 heteroatoms.